The Morgan fingerprint density at radius 2 is 1.79 bits per heavy atom. The van der Waals surface area contributed by atoms with Crippen LogP contribution in [0.15, 0.2) is 12.1 Å². The average Bonchev–Trinajstić information content (AvgIpc) is 2.32. The van der Waals surface area contributed by atoms with Crippen molar-refractivity contribution in [2.45, 2.75) is 26.8 Å². The fourth-order valence-corrected chi connectivity index (χ4v) is 2.35. The summed E-state index contributed by atoms with van der Waals surface area (Å²) in [5.41, 5.74) is 3.20. The first-order chi connectivity index (χ1) is 8.79. The van der Waals surface area contributed by atoms with Crippen LogP contribution in [0.5, 0.6) is 5.75 Å². The summed E-state index contributed by atoms with van der Waals surface area (Å²) in [7, 11) is 5.39. The third-order valence-corrected chi connectivity index (χ3v) is 3.58. The van der Waals surface area contributed by atoms with Gasteiger partial charge in [-0.1, -0.05) is 13.0 Å². The van der Waals surface area contributed by atoms with Gasteiger partial charge in [0.2, 0.25) is 0 Å². The fourth-order valence-electron chi connectivity index (χ4n) is 2.35. The molecule has 0 radical (unpaired) electrons. The molecule has 4 nitrogen and oxygen atoms in total. The van der Waals surface area contributed by atoms with E-state index in [1.54, 1.807) is 14.0 Å². The first kappa shape index (κ1) is 15.5. The second kappa shape index (κ2) is 6.06. The number of carbonyl (C=O) groups is 1. The molecule has 0 fully saturated rings. The van der Waals surface area contributed by atoms with Crippen molar-refractivity contribution in [3.63, 3.8) is 0 Å². The van der Waals surface area contributed by atoms with Crippen molar-refractivity contribution >= 4 is 5.97 Å². The zero-order chi connectivity index (χ0) is 14.7. The first-order valence-electron chi connectivity index (χ1n) is 6.34. The lowest BCUT2D eigenvalue weighted by atomic mass is 9.90. The molecule has 0 aliphatic heterocycles. The van der Waals surface area contributed by atoms with Crippen molar-refractivity contribution in [1.82, 2.24) is 4.90 Å². The predicted octanol–water partition coefficient (Wildman–Crippen LogP) is 2.64. The molecule has 0 saturated carbocycles. The number of hydrogen-bond donors (Lipinski definition) is 1. The number of carboxylic acids is 1. The lowest BCUT2D eigenvalue weighted by Crippen LogP contribution is -2.31. The van der Waals surface area contributed by atoms with E-state index < -0.39 is 11.9 Å². The Hall–Kier alpha value is -1.55. The Labute approximate surface area is 115 Å². The molecule has 1 aromatic carbocycles. The maximum atomic E-state index is 11.3. The van der Waals surface area contributed by atoms with E-state index in [0.717, 1.165) is 22.4 Å². The monoisotopic (exact) mass is 265 g/mol. The van der Waals surface area contributed by atoms with Crippen LogP contribution in [-0.4, -0.2) is 37.2 Å². The highest BCUT2D eigenvalue weighted by atomic mass is 16.5. The molecule has 4 heteroatoms. The molecule has 2 atom stereocenters. The number of methoxy groups -OCH3 is 1. The van der Waals surface area contributed by atoms with E-state index in [2.05, 4.69) is 0 Å². The average molecular weight is 265 g/mol. The van der Waals surface area contributed by atoms with Crippen LogP contribution in [0.2, 0.25) is 0 Å². The lowest BCUT2D eigenvalue weighted by molar-refractivity contribution is -0.143. The van der Waals surface area contributed by atoms with E-state index in [1.165, 1.54) is 0 Å². The number of aliphatic carboxylic acids is 1. The normalized spacial score (nSPS) is 14.3. The predicted molar refractivity (Wildman–Crippen MR) is 75.7 cm³/mol. The minimum absolute atomic E-state index is 0.216. The van der Waals surface area contributed by atoms with Crippen LogP contribution in [0.3, 0.4) is 0 Å². The first-order valence-corrected chi connectivity index (χ1v) is 6.34. The SMILES string of the molecule is COc1cc(C)c(C)cc1C(C(C)C(=O)O)N(C)C. The summed E-state index contributed by atoms with van der Waals surface area (Å²) in [6.07, 6.45) is 0. The van der Waals surface area contributed by atoms with Gasteiger partial charge in [-0.05, 0) is 45.1 Å². The molecular formula is C15H23NO3. The van der Waals surface area contributed by atoms with Crippen molar-refractivity contribution in [2.24, 2.45) is 5.92 Å². The number of ether oxygens (including phenoxy) is 1. The fraction of sp³-hybridized carbons (Fsp3) is 0.533. The van der Waals surface area contributed by atoms with Crippen LogP contribution in [0.25, 0.3) is 0 Å². The number of rotatable bonds is 5. The van der Waals surface area contributed by atoms with Crippen molar-refractivity contribution in [2.75, 3.05) is 21.2 Å². The Morgan fingerprint density at radius 3 is 2.21 bits per heavy atom. The number of hydrogen-bond acceptors (Lipinski definition) is 3. The molecule has 106 valence electrons. The molecule has 0 aliphatic rings. The van der Waals surface area contributed by atoms with Gasteiger partial charge in [0, 0.05) is 5.56 Å². The largest absolute Gasteiger partial charge is 0.496 e. The minimum Gasteiger partial charge on any atom is -0.496 e. The Balaban J connectivity index is 3.37. The van der Waals surface area contributed by atoms with Crippen LogP contribution in [0.4, 0.5) is 0 Å². The Bertz CT molecular complexity index is 469. The van der Waals surface area contributed by atoms with E-state index in [-0.39, 0.29) is 6.04 Å². The van der Waals surface area contributed by atoms with Crippen LogP contribution in [-0.2, 0) is 4.79 Å². The molecule has 2 unspecified atom stereocenters. The van der Waals surface area contributed by atoms with Gasteiger partial charge in [0.1, 0.15) is 5.75 Å². The molecule has 0 aromatic heterocycles. The second-order valence-electron chi connectivity index (χ2n) is 5.21. The van der Waals surface area contributed by atoms with Crippen molar-refractivity contribution in [3.05, 3.63) is 28.8 Å². The third kappa shape index (κ3) is 3.26. The highest BCUT2D eigenvalue weighted by Gasteiger charge is 2.29. The highest BCUT2D eigenvalue weighted by molar-refractivity contribution is 5.71. The van der Waals surface area contributed by atoms with Crippen LogP contribution >= 0.6 is 0 Å². The molecule has 1 aromatic rings. The molecule has 0 saturated heterocycles. The van der Waals surface area contributed by atoms with E-state index >= 15 is 0 Å². The molecule has 0 spiro atoms. The topological polar surface area (TPSA) is 49.8 Å². The molecular weight excluding hydrogens is 242 g/mol. The lowest BCUT2D eigenvalue weighted by Gasteiger charge is -2.30. The maximum absolute atomic E-state index is 11.3. The molecule has 1 N–H and O–H groups in total. The molecule has 19 heavy (non-hydrogen) atoms. The number of benzene rings is 1. The van der Waals surface area contributed by atoms with Gasteiger partial charge in [-0.3, -0.25) is 4.79 Å². The smallest absolute Gasteiger partial charge is 0.308 e. The van der Waals surface area contributed by atoms with Gasteiger partial charge in [-0.2, -0.15) is 0 Å². The van der Waals surface area contributed by atoms with Gasteiger partial charge in [0.05, 0.1) is 19.1 Å². The maximum Gasteiger partial charge on any atom is 0.308 e. The zero-order valence-electron chi connectivity index (χ0n) is 12.5. The summed E-state index contributed by atoms with van der Waals surface area (Å²) in [5.74, 6) is -0.570. The van der Waals surface area contributed by atoms with E-state index in [1.807, 2.05) is 45.0 Å². The molecule has 0 aliphatic carbocycles. The van der Waals surface area contributed by atoms with Gasteiger partial charge >= 0.3 is 5.97 Å². The van der Waals surface area contributed by atoms with Gasteiger partial charge in [0.25, 0.3) is 0 Å². The van der Waals surface area contributed by atoms with E-state index in [4.69, 9.17) is 4.74 Å². The van der Waals surface area contributed by atoms with Crippen LogP contribution in [0.1, 0.15) is 29.7 Å². The summed E-state index contributed by atoms with van der Waals surface area (Å²) in [5, 5.41) is 9.28. The Morgan fingerprint density at radius 1 is 1.26 bits per heavy atom. The number of aryl methyl sites for hydroxylation is 2. The number of nitrogens with zero attached hydrogens (tertiary/aromatic N) is 1. The number of carboxylic acid groups (broad SMARTS) is 1. The summed E-state index contributed by atoms with van der Waals surface area (Å²) in [4.78, 5) is 13.2. The van der Waals surface area contributed by atoms with Gasteiger partial charge in [-0.25, -0.2) is 0 Å². The van der Waals surface area contributed by atoms with Gasteiger partial charge < -0.3 is 14.7 Å². The molecule has 0 bridgehead atoms. The standard InChI is InChI=1S/C15H23NO3/c1-9-7-12(13(19-6)8-10(9)2)14(16(4)5)11(3)15(17)18/h7-8,11,14H,1-6H3,(H,17,18). The third-order valence-electron chi connectivity index (χ3n) is 3.58. The summed E-state index contributed by atoms with van der Waals surface area (Å²) in [6, 6.07) is 3.78. The van der Waals surface area contributed by atoms with Crippen molar-refractivity contribution < 1.29 is 14.6 Å². The van der Waals surface area contributed by atoms with Crippen molar-refractivity contribution in [1.29, 1.82) is 0 Å². The Kier molecular flexibility index (Phi) is 4.95. The van der Waals surface area contributed by atoms with E-state index in [9.17, 15) is 9.90 Å². The highest BCUT2D eigenvalue weighted by Crippen LogP contribution is 2.35. The van der Waals surface area contributed by atoms with E-state index in [0.29, 0.717) is 0 Å². The molecule has 1 rings (SSSR count). The van der Waals surface area contributed by atoms with Gasteiger partial charge in [0.15, 0.2) is 0 Å². The van der Waals surface area contributed by atoms with Crippen LogP contribution in [0, 0.1) is 19.8 Å². The van der Waals surface area contributed by atoms with Gasteiger partial charge in [-0.15, -0.1) is 0 Å². The summed E-state index contributed by atoms with van der Waals surface area (Å²) in [6.45, 7) is 5.77. The zero-order valence-corrected chi connectivity index (χ0v) is 12.5. The van der Waals surface area contributed by atoms with Crippen LogP contribution < -0.4 is 4.74 Å². The minimum atomic E-state index is -0.806. The quantitative estimate of drug-likeness (QED) is 0.889. The summed E-state index contributed by atoms with van der Waals surface area (Å²) >= 11 is 0. The summed E-state index contributed by atoms with van der Waals surface area (Å²) < 4.78 is 5.42. The molecule has 0 amide bonds. The van der Waals surface area contributed by atoms with Crippen molar-refractivity contribution in [3.8, 4) is 5.75 Å². The second-order valence-corrected chi connectivity index (χ2v) is 5.21. The molecule has 0 heterocycles.